The van der Waals surface area contributed by atoms with Gasteiger partial charge < -0.3 is 9.84 Å². The summed E-state index contributed by atoms with van der Waals surface area (Å²) in [6.07, 6.45) is -4.98. The van der Waals surface area contributed by atoms with Gasteiger partial charge in [-0.05, 0) is 22.6 Å². The topological polar surface area (TPSA) is 85.5 Å². The van der Waals surface area contributed by atoms with Crippen molar-refractivity contribution in [1.82, 2.24) is 4.98 Å². The van der Waals surface area contributed by atoms with Crippen LogP contribution in [-0.4, -0.2) is 21.4 Å². The van der Waals surface area contributed by atoms with Crippen molar-refractivity contribution in [2.24, 2.45) is 0 Å². The van der Waals surface area contributed by atoms with Crippen LogP contribution in [0.4, 0.5) is 18.9 Å². The molecule has 1 heterocycles. The highest BCUT2D eigenvalue weighted by atomic mass is 127. The molecule has 0 saturated carbocycles. The summed E-state index contributed by atoms with van der Waals surface area (Å²) in [5.41, 5.74) is -0.837. The number of ether oxygens (including phenoxy) is 1. The van der Waals surface area contributed by atoms with Gasteiger partial charge in [0.25, 0.3) is 5.69 Å². The number of rotatable bonds is 3. The van der Waals surface area contributed by atoms with Gasteiger partial charge in [0.1, 0.15) is 3.70 Å². The molecule has 0 aromatic carbocycles. The van der Waals surface area contributed by atoms with Gasteiger partial charge in [-0.2, -0.15) is 0 Å². The van der Waals surface area contributed by atoms with Crippen molar-refractivity contribution >= 4 is 28.3 Å². The van der Waals surface area contributed by atoms with E-state index in [9.17, 15) is 23.3 Å². The van der Waals surface area contributed by atoms with E-state index in [4.69, 9.17) is 5.11 Å². The fourth-order valence-electron chi connectivity index (χ4n) is 0.986. The summed E-state index contributed by atoms with van der Waals surface area (Å²) in [6, 6.07) is 0.515. The first-order valence-corrected chi connectivity index (χ1v) is 5.03. The molecule has 94 valence electrons. The fourth-order valence-corrected chi connectivity index (χ4v) is 1.67. The van der Waals surface area contributed by atoms with E-state index >= 15 is 0 Å². The molecule has 10 heteroatoms. The predicted molar refractivity (Wildman–Crippen MR) is 56.2 cm³/mol. The molecule has 0 fully saturated rings. The Bertz CT molecular complexity index is 451. The molecule has 1 aromatic rings. The Morgan fingerprint density at radius 2 is 2.18 bits per heavy atom. The van der Waals surface area contributed by atoms with E-state index in [-0.39, 0.29) is 9.26 Å². The van der Waals surface area contributed by atoms with Gasteiger partial charge >= 0.3 is 6.36 Å². The van der Waals surface area contributed by atoms with Gasteiger partial charge in [0.2, 0.25) is 5.88 Å². The van der Waals surface area contributed by atoms with Gasteiger partial charge in [0.15, 0.2) is 0 Å². The Balaban J connectivity index is 3.25. The maximum atomic E-state index is 11.9. The highest BCUT2D eigenvalue weighted by Gasteiger charge is 2.33. The number of alkyl halides is 3. The minimum atomic E-state index is -4.98. The lowest BCUT2D eigenvalue weighted by Crippen LogP contribution is -2.18. The standard InChI is InChI=1S/C7H4F3IN2O4/c8-7(9,10)17-5-1-4(13(15)16)3(2-14)6(11)12-5/h1,14H,2H2. The van der Waals surface area contributed by atoms with Gasteiger partial charge in [-0.3, -0.25) is 10.1 Å². The van der Waals surface area contributed by atoms with Gasteiger partial charge in [0, 0.05) is 0 Å². The number of hydrogen-bond acceptors (Lipinski definition) is 5. The molecule has 0 aliphatic heterocycles. The molecule has 0 amide bonds. The van der Waals surface area contributed by atoms with E-state index in [1.807, 2.05) is 0 Å². The van der Waals surface area contributed by atoms with Crippen molar-refractivity contribution in [2.75, 3.05) is 0 Å². The Kier molecular flexibility index (Phi) is 4.08. The summed E-state index contributed by atoms with van der Waals surface area (Å²) in [5.74, 6) is -0.939. The highest BCUT2D eigenvalue weighted by Crippen LogP contribution is 2.29. The van der Waals surface area contributed by atoms with E-state index in [0.29, 0.717) is 6.07 Å². The monoisotopic (exact) mass is 364 g/mol. The minimum Gasteiger partial charge on any atom is -0.391 e. The van der Waals surface area contributed by atoms with E-state index in [2.05, 4.69) is 9.72 Å². The van der Waals surface area contributed by atoms with Crippen LogP contribution in [0.3, 0.4) is 0 Å². The summed E-state index contributed by atoms with van der Waals surface area (Å²) >= 11 is 1.47. The average Bonchev–Trinajstić information content (AvgIpc) is 2.13. The third-order valence-electron chi connectivity index (χ3n) is 1.60. The van der Waals surface area contributed by atoms with Crippen LogP contribution < -0.4 is 4.74 Å². The maximum Gasteiger partial charge on any atom is 0.574 e. The number of hydrogen-bond donors (Lipinski definition) is 1. The van der Waals surface area contributed by atoms with Crippen LogP contribution in [0.5, 0.6) is 5.88 Å². The lowest BCUT2D eigenvalue weighted by Gasteiger charge is -2.09. The van der Waals surface area contributed by atoms with E-state index in [1.54, 1.807) is 0 Å². The van der Waals surface area contributed by atoms with Gasteiger partial charge in [0.05, 0.1) is 23.2 Å². The van der Waals surface area contributed by atoms with Crippen LogP contribution >= 0.6 is 22.6 Å². The molecule has 0 unspecified atom stereocenters. The molecule has 1 N–H and O–H groups in total. The zero-order valence-electron chi connectivity index (χ0n) is 7.86. The van der Waals surface area contributed by atoms with Crippen LogP contribution in [0.25, 0.3) is 0 Å². The fraction of sp³-hybridized carbons (Fsp3) is 0.286. The number of nitro groups is 1. The van der Waals surface area contributed by atoms with Crippen molar-refractivity contribution in [3.05, 3.63) is 25.4 Å². The molecule has 6 nitrogen and oxygen atoms in total. The van der Waals surface area contributed by atoms with Crippen molar-refractivity contribution in [1.29, 1.82) is 0 Å². The largest absolute Gasteiger partial charge is 0.574 e. The smallest absolute Gasteiger partial charge is 0.391 e. The third kappa shape index (κ3) is 3.66. The molecule has 17 heavy (non-hydrogen) atoms. The van der Waals surface area contributed by atoms with Crippen LogP contribution in [0.2, 0.25) is 0 Å². The third-order valence-corrected chi connectivity index (χ3v) is 2.49. The molecule has 1 aromatic heterocycles. The summed E-state index contributed by atoms with van der Waals surface area (Å²) < 4.78 is 39.1. The Morgan fingerprint density at radius 1 is 1.59 bits per heavy atom. The summed E-state index contributed by atoms with van der Waals surface area (Å²) in [7, 11) is 0. The Labute approximate surface area is 106 Å². The van der Waals surface area contributed by atoms with Crippen molar-refractivity contribution in [3.63, 3.8) is 0 Å². The lowest BCUT2D eigenvalue weighted by atomic mass is 10.2. The van der Waals surface area contributed by atoms with Crippen LogP contribution in [-0.2, 0) is 6.61 Å². The highest BCUT2D eigenvalue weighted by molar-refractivity contribution is 14.1. The molecule has 0 saturated heterocycles. The zero-order valence-corrected chi connectivity index (χ0v) is 10.0. The first kappa shape index (κ1) is 13.9. The number of nitrogens with zero attached hydrogens (tertiary/aromatic N) is 2. The Morgan fingerprint density at radius 3 is 2.59 bits per heavy atom. The molecular formula is C7H4F3IN2O4. The normalized spacial score (nSPS) is 11.4. The lowest BCUT2D eigenvalue weighted by molar-refractivity contribution is -0.386. The first-order chi connectivity index (χ1) is 7.74. The Hall–Kier alpha value is -1.17. The van der Waals surface area contributed by atoms with Gasteiger partial charge in [-0.15, -0.1) is 13.2 Å². The van der Waals surface area contributed by atoms with Crippen molar-refractivity contribution in [2.45, 2.75) is 13.0 Å². The zero-order chi connectivity index (χ0) is 13.2. The average molecular weight is 364 g/mol. The second-order valence-corrected chi connectivity index (χ2v) is 3.73. The molecule has 0 aliphatic rings. The number of aliphatic hydroxyl groups is 1. The molecule has 0 radical (unpaired) electrons. The number of halogens is 4. The summed E-state index contributed by atoms with van der Waals surface area (Å²) in [5, 5.41) is 19.4. The maximum absolute atomic E-state index is 11.9. The van der Waals surface area contributed by atoms with E-state index in [0.717, 1.165) is 0 Å². The summed E-state index contributed by atoms with van der Waals surface area (Å²) in [6.45, 7) is -0.701. The quantitative estimate of drug-likeness (QED) is 0.384. The predicted octanol–water partition coefficient (Wildman–Crippen LogP) is 1.99. The van der Waals surface area contributed by atoms with Crippen molar-refractivity contribution < 1.29 is 27.9 Å². The van der Waals surface area contributed by atoms with E-state index in [1.165, 1.54) is 22.6 Å². The molecule has 0 spiro atoms. The number of aliphatic hydroxyl groups excluding tert-OH is 1. The first-order valence-electron chi connectivity index (χ1n) is 3.95. The second-order valence-electron chi connectivity index (χ2n) is 2.71. The summed E-state index contributed by atoms with van der Waals surface area (Å²) in [4.78, 5) is 13.0. The van der Waals surface area contributed by atoms with Gasteiger partial charge in [-0.25, -0.2) is 4.98 Å². The molecule has 0 bridgehead atoms. The molecule has 0 atom stereocenters. The molecule has 1 rings (SSSR count). The van der Waals surface area contributed by atoms with Gasteiger partial charge in [-0.1, -0.05) is 0 Å². The molecular weight excluding hydrogens is 360 g/mol. The van der Waals surface area contributed by atoms with Crippen LogP contribution in [0.15, 0.2) is 6.07 Å². The number of pyridine rings is 1. The van der Waals surface area contributed by atoms with Crippen molar-refractivity contribution in [3.8, 4) is 5.88 Å². The number of aromatic nitrogens is 1. The van der Waals surface area contributed by atoms with Crippen LogP contribution in [0.1, 0.15) is 5.56 Å². The van der Waals surface area contributed by atoms with Crippen LogP contribution in [0, 0.1) is 13.8 Å². The molecule has 0 aliphatic carbocycles. The SMILES string of the molecule is O=[N+]([O-])c1cc(OC(F)(F)F)nc(I)c1CO. The second kappa shape index (κ2) is 5.00. The minimum absolute atomic E-state index is 0.126. The van der Waals surface area contributed by atoms with E-state index < -0.39 is 29.5 Å².